The van der Waals surface area contributed by atoms with Gasteiger partial charge in [0, 0.05) is 24.6 Å². The van der Waals surface area contributed by atoms with E-state index in [-0.39, 0.29) is 5.69 Å². The summed E-state index contributed by atoms with van der Waals surface area (Å²) in [6.45, 7) is 0. The number of nitro groups is 1. The standard InChI is InChI=1S/C10H9N3O2S/c1-12-9(6-16-10(12)11)7-2-4-8(5-3-7)13(14)15/h2-6,11H,1H3. The van der Waals surface area contributed by atoms with E-state index in [1.807, 2.05) is 5.38 Å². The summed E-state index contributed by atoms with van der Waals surface area (Å²) in [6, 6.07) is 6.33. The Morgan fingerprint density at radius 1 is 1.38 bits per heavy atom. The van der Waals surface area contributed by atoms with E-state index < -0.39 is 4.92 Å². The van der Waals surface area contributed by atoms with Gasteiger partial charge in [0.05, 0.1) is 10.6 Å². The monoisotopic (exact) mass is 235 g/mol. The molecule has 0 spiro atoms. The molecule has 1 N–H and O–H groups in total. The average Bonchev–Trinajstić information content (AvgIpc) is 2.60. The number of thiazole rings is 1. The summed E-state index contributed by atoms with van der Waals surface area (Å²) in [5.74, 6) is 0. The van der Waals surface area contributed by atoms with Crippen molar-refractivity contribution >= 4 is 17.0 Å². The van der Waals surface area contributed by atoms with E-state index in [4.69, 9.17) is 5.41 Å². The fourth-order valence-corrected chi connectivity index (χ4v) is 2.17. The highest BCUT2D eigenvalue weighted by Gasteiger charge is 2.07. The van der Waals surface area contributed by atoms with Gasteiger partial charge in [0.15, 0.2) is 4.80 Å². The molecule has 0 aliphatic carbocycles. The van der Waals surface area contributed by atoms with Gasteiger partial charge in [-0.05, 0) is 17.7 Å². The van der Waals surface area contributed by atoms with Crippen molar-refractivity contribution in [3.8, 4) is 11.3 Å². The molecule has 0 fully saturated rings. The van der Waals surface area contributed by atoms with E-state index >= 15 is 0 Å². The molecular weight excluding hydrogens is 226 g/mol. The summed E-state index contributed by atoms with van der Waals surface area (Å²) in [5, 5.41) is 19.9. The first-order chi connectivity index (χ1) is 7.59. The van der Waals surface area contributed by atoms with Gasteiger partial charge in [0.25, 0.3) is 5.69 Å². The van der Waals surface area contributed by atoms with Gasteiger partial charge in [-0.2, -0.15) is 0 Å². The van der Waals surface area contributed by atoms with E-state index in [0.717, 1.165) is 11.3 Å². The zero-order chi connectivity index (χ0) is 11.7. The van der Waals surface area contributed by atoms with Gasteiger partial charge < -0.3 is 4.57 Å². The summed E-state index contributed by atoms with van der Waals surface area (Å²) >= 11 is 1.33. The third kappa shape index (κ3) is 1.74. The minimum Gasteiger partial charge on any atom is -0.320 e. The summed E-state index contributed by atoms with van der Waals surface area (Å²) in [5.41, 5.74) is 1.85. The van der Waals surface area contributed by atoms with E-state index in [9.17, 15) is 10.1 Å². The van der Waals surface area contributed by atoms with Gasteiger partial charge in [-0.25, -0.2) is 0 Å². The molecule has 1 aromatic carbocycles. The van der Waals surface area contributed by atoms with Crippen molar-refractivity contribution in [1.82, 2.24) is 4.57 Å². The van der Waals surface area contributed by atoms with Crippen LogP contribution >= 0.6 is 11.3 Å². The highest BCUT2D eigenvalue weighted by Crippen LogP contribution is 2.21. The number of nitrogens with one attached hydrogen (secondary N) is 1. The molecule has 0 radical (unpaired) electrons. The molecule has 0 atom stereocenters. The molecule has 0 aliphatic rings. The Morgan fingerprint density at radius 3 is 2.44 bits per heavy atom. The number of benzene rings is 1. The van der Waals surface area contributed by atoms with Crippen molar-refractivity contribution in [3.63, 3.8) is 0 Å². The average molecular weight is 235 g/mol. The van der Waals surface area contributed by atoms with Crippen LogP contribution in [-0.2, 0) is 7.05 Å². The van der Waals surface area contributed by atoms with Crippen LogP contribution in [0.15, 0.2) is 29.6 Å². The van der Waals surface area contributed by atoms with Crippen molar-refractivity contribution < 1.29 is 4.92 Å². The highest BCUT2D eigenvalue weighted by atomic mass is 32.1. The first kappa shape index (κ1) is 10.6. The Hall–Kier alpha value is -1.95. The fraction of sp³-hybridized carbons (Fsp3) is 0.100. The maximum Gasteiger partial charge on any atom is 0.269 e. The lowest BCUT2D eigenvalue weighted by Crippen LogP contribution is -2.08. The quantitative estimate of drug-likeness (QED) is 0.639. The molecule has 0 saturated carbocycles. The van der Waals surface area contributed by atoms with Gasteiger partial charge in [0.2, 0.25) is 0 Å². The zero-order valence-electron chi connectivity index (χ0n) is 8.51. The van der Waals surface area contributed by atoms with Crippen LogP contribution < -0.4 is 4.80 Å². The number of nitro benzene ring substituents is 1. The van der Waals surface area contributed by atoms with Crippen molar-refractivity contribution in [2.75, 3.05) is 0 Å². The molecular formula is C10H9N3O2S. The molecule has 1 heterocycles. The Balaban J connectivity index is 2.46. The number of rotatable bonds is 2. The molecule has 0 bridgehead atoms. The van der Waals surface area contributed by atoms with Gasteiger partial charge in [-0.1, -0.05) is 0 Å². The van der Waals surface area contributed by atoms with Crippen molar-refractivity contribution in [3.05, 3.63) is 44.6 Å². The molecule has 0 saturated heterocycles. The van der Waals surface area contributed by atoms with Gasteiger partial charge >= 0.3 is 0 Å². The zero-order valence-corrected chi connectivity index (χ0v) is 9.32. The fourth-order valence-electron chi connectivity index (χ4n) is 1.39. The minimum absolute atomic E-state index is 0.0766. The molecule has 6 heteroatoms. The van der Waals surface area contributed by atoms with Crippen LogP contribution in [0.3, 0.4) is 0 Å². The summed E-state index contributed by atoms with van der Waals surface area (Å²) in [4.78, 5) is 10.5. The normalized spacial score (nSPS) is 10.3. The molecule has 82 valence electrons. The second-order valence-electron chi connectivity index (χ2n) is 3.29. The highest BCUT2D eigenvalue weighted by molar-refractivity contribution is 7.07. The molecule has 2 aromatic rings. The molecule has 0 unspecified atom stereocenters. The van der Waals surface area contributed by atoms with E-state index in [1.165, 1.54) is 23.5 Å². The van der Waals surface area contributed by atoms with E-state index in [1.54, 1.807) is 23.7 Å². The van der Waals surface area contributed by atoms with Crippen LogP contribution in [0, 0.1) is 15.5 Å². The van der Waals surface area contributed by atoms with Crippen LogP contribution in [0.2, 0.25) is 0 Å². The predicted molar refractivity (Wildman–Crippen MR) is 61.2 cm³/mol. The molecule has 16 heavy (non-hydrogen) atoms. The number of hydrogen-bond donors (Lipinski definition) is 1. The molecule has 1 aromatic heterocycles. The topological polar surface area (TPSA) is 71.9 Å². The van der Waals surface area contributed by atoms with Crippen LogP contribution in [-0.4, -0.2) is 9.49 Å². The lowest BCUT2D eigenvalue weighted by Gasteiger charge is -2.01. The summed E-state index contributed by atoms with van der Waals surface area (Å²) < 4.78 is 1.74. The summed E-state index contributed by atoms with van der Waals surface area (Å²) in [7, 11) is 1.80. The number of hydrogen-bond acceptors (Lipinski definition) is 4. The lowest BCUT2D eigenvalue weighted by molar-refractivity contribution is -0.384. The SMILES string of the molecule is Cn1c(-c2ccc([N+](=O)[O-])cc2)csc1=N. The number of non-ortho nitro benzene ring substituents is 1. The largest absolute Gasteiger partial charge is 0.320 e. The minimum atomic E-state index is -0.423. The number of nitrogens with zero attached hydrogens (tertiary/aromatic N) is 2. The molecule has 5 nitrogen and oxygen atoms in total. The van der Waals surface area contributed by atoms with Crippen LogP contribution in [0.5, 0.6) is 0 Å². The van der Waals surface area contributed by atoms with Crippen molar-refractivity contribution in [1.29, 1.82) is 5.41 Å². The summed E-state index contributed by atoms with van der Waals surface area (Å²) in [6.07, 6.45) is 0. The first-order valence-corrected chi connectivity index (χ1v) is 5.41. The second-order valence-corrected chi connectivity index (χ2v) is 4.15. The maximum atomic E-state index is 10.5. The smallest absolute Gasteiger partial charge is 0.269 e. The maximum absolute atomic E-state index is 10.5. The second kappa shape index (κ2) is 3.90. The Labute approximate surface area is 95.3 Å². The third-order valence-corrected chi connectivity index (χ3v) is 3.16. The van der Waals surface area contributed by atoms with Crippen LogP contribution in [0.4, 0.5) is 5.69 Å². The lowest BCUT2D eigenvalue weighted by atomic mass is 10.1. The van der Waals surface area contributed by atoms with Crippen LogP contribution in [0.25, 0.3) is 11.3 Å². The number of aromatic nitrogens is 1. The third-order valence-electron chi connectivity index (χ3n) is 2.32. The van der Waals surface area contributed by atoms with Gasteiger partial charge in [0.1, 0.15) is 0 Å². The van der Waals surface area contributed by atoms with Crippen molar-refractivity contribution in [2.45, 2.75) is 0 Å². The van der Waals surface area contributed by atoms with Gasteiger partial charge in [-0.3, -0.25) is 15.5 Å². The molecule has 0 aliphatic heterocycles. The Kier molecular flexibility index (Phi) is 2.57. The Bertz CT molecular complexity index is 583. The molecule has 2 rings (SSSR count). The predicted octanol–water partition coefficient (Wildman–Crippen LogP) is 2.14. The van der Waals surface area contributed by atoms with E-state index in [2.05, 4.69) is 0 Å². The van der Waals surface area contributed by atoms with Gasteiger partial charge in [-0.15, -0.1) is 11.3 Å². The molecule has 0 amide bonds. The van der Waals surface area contributed by atoms with E-state index in [0.29, 0.717) is 4.80 Å². The Morgan fingerprint density at radius 2 is 2.00 bits per heavy atom. The van der Waals surface area contributed by atoms with Crippen molar-refractivity contribution in [2.24, 2.45) is 7.05 Å². The first-order valence-electron chi connectivity index (χ1n) is 4.53. The van der Waals surface area contributed by atoms with Crippen LogP contribution in [0.1, 0.15) is 0 Å².